The second kappa shape index (κ2) is 4.96. The molecule has 6 heteroatoms. The molecule has 0 aliphatic carbocycles. The van der Waals surface area contributed by atoms with Gasteiger partial charge < -0.3 is 10.4 Å². The van der Waals surface area contributed by atoms with Gasteiger partial charge in [0, 0.05) is 26.8 Å². The minimum Gasteiger partial charge on any atom is -0.378 e. The van der Waals surface area contributed by atoms with E-state index in [2.05, 4.69) is 26.2 Å². The summed E-state index contributed by atoms with van der Waals surface area (Å²) in [5.74, 6) is -0.387. The minimum absolute atomic E-state index is 0.387. The van der Waals surface area contributed by atoms with Gasteiger partial charge in [-0.3, -0.25) is 4.79 Å². The minimum atomic E-state index is -1.08. The fourth-order valence-electron chi connectivity index (χ4n) is 1.84. The summed E-state index contributed by atoms with van der Waals surface area (Å²) in [6.45, 7) is 0. The van der Waals surface area contributed by atoms with Gasteiger partial charge in [-0.1, -0.05) is 17.8 Å². The van der Waals surface area contributed by atoms with Crippen LogP contribution in [-0.4, -0.2) is 16.0 Å². The Morgan fingerprint density at radius 3 is 2.95 bits per heavy atom. The van der Waals surface area contributed by atoms with Crippen LogP contribution >= 0.6 is 27.7 Å². The quantitative estimate of drug-likeness (QED) is 0.884. The zero-order chi connectivity index (χ0) is 13.4. The third-order valence-corrected chi connectivity index (χ3v) is 4.68. The van der Waals surface area contributed by atoms with E-state index in [1.807, 2.05) is 24.3 Å². The lowest BCUT2D eigenvalue weighted by molar-refractivity contribution is -0.123. The molecular weight excluding hydrogens is 328 g/mol. The van der Waals surface area contributed by atoms with E-state index in [-0.39, 0.29) is 5.91 Å². The molecule has 96 valence electrons. The molecular formula is C13H9BrN2O2S. The fourth-order valence-corrected chi connectivity index (χ4v) is 3.27. The highest BCUT2D eigenvalue weighted by Crippen LogP contribution is 2.40. The predicted octanol–water partition coefficient (Wildman–Crippen LogP) is 2.98. The summed E-state index contributed by atoms with van der Waals surface area (Å²) in [4.78, 5) is 16.6. The molecule has 0 radical (unpaired) electrons. The van der Waals surface area contributed by atoms with Gasteiger partial charge in [0.25, 0.3) is 5.91 Å². The normalized spacial score (nSPS) is 17.2. The smallest absolute Gasteiger partial charge is 0.257 e. The van der Waals surface area contributed by atoms with Gasteiger partial charge in [-0.05, 0) is 40.2 Å². The Morgan fingerprint density at radius 2 is 2.21 bits per heavy atom. The van der Waals surface area contributed by atoms with Crippen molar-refractivity contribution < 1.29 is 9.90 Å². The number of aliphatic hydroxyl groups is 1. The molecule has 2 heterocycles. The number of benzene rings is 1. The monoisotopic (exact) mass is 336 g/mol. The van der Waals surface area contributed by atoms with Crippen LogP contribution < -0.4 is 5.32 Å². The molecule has 3 rings (SSSR count). The van der Waals surface area contributed by atoms with E-state index in [0.717, 1.165) is 14.4 Å². The van der Waals surface area contributed by atoms with E-state index in [0.29, 0.717) is 11.3 Å². The lowest BCUT2D eigenvalue weighted by Crippen LogP contribution is -2.10. The second-order valence-corrected chi connectivity index (χ2v) is 5.95. The van der Waals surface area contributed by atoms with Crippen molar-refractivity contribution >= 4 is 39.3 Å². The molecule has 0 spiro atoms. The van der Waals surface area contributed by atoms with E-state index < -0.39 is 6.10 Å². The maximum absolute atomic E-state index is 11.4. The number of rotatable bonds is 2. The van der Waals surface area contributed by atoms with Crippen molar-refractivity contribution in [2.24, 2.45) is 0 Å². The third-order valence-electron chi connectivity index (χ3n) is 2.76. The van der Waals surface area contributed by atoms with Gasteiger partial charge in [-0.25, -0.2) is 4.98 Å². The Balaban J connectivity index is 1.97. The van der Waals surface area contributed by atoms with Crippen LogP contribution in [0.3, 0.4) is 0 Å². The Morgan fingerprint density at radius 1 is 1.37 bits per heavy atom. The van der Waals surface area contributed by atoms with Crippen LogP contribution in [0.1, 0.15) is 11.7 Å². The Kier molecular flexibility index (Phi) is 3.30. The molecule has 2 N–H and O–H groups in total. The van der Waals surface area contributed by atoms with Crippen molar-refractivity contribution in [2.75, 3.05) is 5.32 Å². The first-order chi connectivity index (χ1) is 9.15. The van der Waals surface area contributed by atoms with Crippen molar-refractivity contribution in [3.63, 3.8) is 0 Å². The summed E-state index contributed by atoms with van der Waals surface area (Å²) in [5.41, 5.74) is 1.25. The van der Waals surface area contributed by atoms with Crippen LogP contribution in [0.25, 0.3) is 0 Å². The van der Waals surface area contributed by atoms with Crippen molar-refractivity contribution in [2.45, 2.75) is 16.0 Å². The largest absolute Gasteiger partial charge is 0.378 e. The predicted molar refractivity (Wildman–Crippen MR) is 76.1 cm³/mol. The van der Waals surface area contributed by atoms with Crippen molar-refractivity contribution in [1.29, 1.82) is 0 Å². The number of aromatic nitrogens is 1. The van der Waals surface area contributed by atoms with E-state index in [4.69, 9.17) is 0 Å². The molecule has 0 saturated carbocycles. The van der Waals surface area contributed by atoms with Gasteiger partial charge in [0.1, 0.15) is 5.03 Å². The Hall–Kier alpha value is -1.37. The van der Waals surface area contributed by atoms with E-state index >= 15 is 0 Å². The SMILES string of the molecule is O=C1Nc2cc(Sc3ccccn3)c(Br)cc2C1O. The molecule has 19 heavy (non-hydrogen) atoms. The van der Waals surface area contributed by atoms with E-state index in [1.165, 1.54) is 11.8 Å². The highest BCUT2D eigenvalue weighted by Gasteiger charge is 2.29. The first-order valence-corrected chi connectivity index (χ1v) is 7.17. The molecule has 1 aromatic heterocycles. The van der Waals surface area contributed by atoms with Crippen LogP contribution in [-0.2, 0) is 4.79 Å². The molecule has 1 aliphatic rings. The number of nitrogens with one attached hydrogen (secondary N) is 1. The number of carbonyl (C=O) groups is 1. The van der Waals surface area contributed by atoms with Crippen LogP contribution in [0, 0.1) is 0 Å². The number of aliphatic hydroxyl groups excluding tert-OH is 1. The average Bonchev–Trinajstić information content (AvgIpc) is 2.67. The second-order valence-electron chi connectivity index (χ2n) is 4.03. The first kappa shape index (κ1) is 12.7. The van der Waals surface area contributed by atoms with Crippen molar-refractivity contribution in [3.05, 3.63) is 46.6 Å². The first-order valence-electron chi connectivity index (χ1n) is 5.56. The number of amides is 1. The maximum atomic E-state index is 11.4. The number of hydrogen-bond donors (Lipinski definition) is 2. The average molecular weight is 337 g/mol. The van der Waals surface area contributed by atoms with E-state index in [9.17, 15) is 9.90 Å². The van der Waals surface area contributed by atoms with Gasteiger partial charge in [0.15, 0.2) is 6.10 Å². The summed E-state index contributed by atoms with van der Waals surface area (Å²) >= 11 is 4.95. The standard InChI is InChI=1S/C13H9BrN2O2S/c14-8-5-7-9(16-13(18)12(7)17)6-10(8)19-11-3-1-2-4-15-11/h1-6,12,17H,(H,16,18). The number of hydrogen-bond acceptors (Lipinski definition) is 4. The molecule has 4 nitrogen and oxygen atoms in total. The summed E-state index contributed by atoms with van der Waals surface area (Å²) in [6.07, 6.45) is 0.648. The van der Waals surface area contributed by atoms with Gasteiger partial charge in [0.2, 0.25) is 0 Å². The number of fused-ring (bicyclic) bond motifs is 1. The molecule has 1 aliphatic heterocycles. The molecule has 0 saturated heterocycles. The third kappa shape index (κ3) is 2.39. The van der Waals surface area contributed by atoms with Crippen LogP contribution in [0.2, 0.25) is 0 Å². The van der Waals surface area contributed by atoms with Crippen LogP contribution in [0.4, 0.5) is 5.69 Å². The zero-order valence-electron chi connectivity index (χ0n) is 9.63. The Bertz CT molecular complexity index is 649. The molecule has 2 aromatic rings. The number of nitrogens with zero attached hydrogens (tertiary/aromatic N) is 1. The van der Waals surface area contributed by atoms with Gasteiger partial charge in [0.05, 0.1) is 0 Å². The topological polar surface area (TPSA) is 62.2 Å². The highest BCUT2D eigenvalue weighted by atomic mass is 79.9. The van der Waals surface area contributed by atoms with Crippen LogP contribution in [0.15, 0.2) is 50.9 Å². The van der Waals surface area contributed by atoms with Gasteiger partial charge >= 0.3 is 0 Å². The maximum Gasteiger partial charge on any atom is 0.257 e. The zero-order valence-corrected chi connectivity index (χ0v) is 12.0. The molecule has 1 atom stereocenters. The summed E-state index contributed by atoms with van der Waals surface area (Å²) in [7, 11) is 0. The highest BCUT2D eigenvalue weighted by molar-refractivity contribution is 9.10. The lowest BCUT2D eigenvalue weighted by atomic mass is 10.1. The molecule has 0 fully saturated rings. The van der Waals surface area contributed by atoms with Gasteiger partial charge in [-0.2, -0.15) is 0 Å². The van der Waals surface area contributed by atoms with Crippen molar-refractivity contribution in [1.82, 2.24) is 4.98 Å². The number of halogens is 1. The molecule has 1 amide bonds. The molecule has 0 bridgehead atoms. The van der Waals surface area contributed by atoms with Gasteiger partial charge in [-0.15, -0.1) is 0 Å². The lowest BCUT2D eigenvalue weighted by Gasteiger charge is -2.07. The fraction of sp³-hybridized carbons (Fsp3) is 0.0769. The van der Waals surface area contributed by atoms with E-state index in [1.54, 1.807) is 12.3 Å². The van der Waals surface area contributed by atoms with Crippen molar-refractivity contribution in [3.8, 4) is 0 Å². The molecule has 1 aromatic carbocycles. The number of pyridine rings is 1. The number of anilines is 1. The van der Waals surface area contributed by atoms with Crippen LogP contribution in [0.5, 0.6) is 0 Å². The summed E-state index contributed by atoms with van der Waals surface area (Å²) in [6, 6.07) is 9.30. The summed E-state index contributed by atoms with van der Waals surface area (Å²) in [5, 5.41) is 13.2. The molecule has 1 unspecified atom stereocenters. The number of carbonyl (C=O) groups excluding carboxylic acids is 1. The Labute approximate surface area is 122 Å². The summed E-state index contributed by atoms with van der Waals surface area (Å²) < 4.78 is 0.831.